The first-order valence-corrected chi connectivity index (χ1v) is 13.5. The van der Waals surface area contributed by atoms with Crippen molar-refractivity contribution in [3.63, 3.8) is 0 Å². The van der Waals surface area contributed by atoms with Crippen molar-refractivity contribution in [2.75, 3.05) is 13.2 Å². The number of hydrogen-bond acceptors (Lipinski definition) is 4. The van der Waals surface area contributed by atoms with Crippen LogP contribution in [-0.4, -0.2) is 23.2 Å². The number of benzene rings is 3. The standard InChI is InChI=1S/C33H33F3N2O2/c1-3-5-7-19-39-30-17-15-26(20-29(30)34)24-11-8-23(9-12-24)10-13-25-14-16-28(32(36)31(25)35)27-21-37-33(38-22-27)40-18-6-4-2/h3,8-9,11-12,14-17,20-22H,1,4-7,10,13,18-19H2,2H3. The minimum absolute atomic E-state index is 0.103. The summed E-state index contributed by atoms with van der Waals surface area (Å²) < 4.78 is 55.3. The van der Waals surface area contributed by atoms with Gasteiger partial charge in [0.15, 0.2) is 23.2 Å². The van der Waals surface area contributed by atoms with E-state index in [0.717, 1.165) is 42.4 Å². The zero-order valence-electron chi connectivity index (χ0n) is 22.6. The summed E-state index contributed by atoms with van der Waals surface area (Å²) in [4.78, 5) is 8.20. The Labute approximate surface area is 233 Å². The van der Waals surface area contributed by atoms with Gasteiger partial charge in [-0.3, -0.25) is 0 Å². The van der Waals surface area contributed by atoms with Crippen molar-refractivity contribution in [3.8, 4) is 34.0 Å². The Kier molecular flexibility index (Phi) is 10.3. The molecular formula is C33H33F3N2O2. The van der Waals surface area contributed by atoms with E-state index in [2.05, 4.69) is 23.5 Å². The number of unbranched alkanes of at least 4 members (excludes halogenated alkanes) is 2. The van der Waals surface area contributed by atoms with E-state index in [1.54, 1.807) is 24.3 Å². The molecule has 0 aliphatic heterocycles. The van der Waals surface area contributed by atoms with Crippen LogP contribution in [0.1, 0.15) is 43.7 Å². The number of rotatable bonds is 14. The van der Waals surface area contributed by atoms with Crippen LogP contribution in [-0.2, 0) is 12.8 Å². The maximum Gasteiger partial charge on any atom is 0.316 e. The predicted octanol–water partition coefficient (Wildman–Crippen LogP) is 8.54. The minimum atomic E-state index is -0.925. The van der Waals surface area contributed by atoms with Crippen LogP contribution in [0.2, 0.25) is 0 Å². The van der Waals surface area contributed by atoms with Crippen LogP contribution < -0.4 is 9.47 Å². The van der Waals surface area contributed by atoms with Gasteiger partial charge in [-0.25, -0.2) is 23.1 Å². The number of allylic oxidation sites excluding steroid dienone is 1. The number of halogens is 3. The Bertz CT molecular complexity index is 1410. The average molecular weight is 547 g/mol. The van der Waals surface area contributed by atoms with Gasteiger partial charge in [0.25, 0.3) is 0 Å². The molecule has 0 radical (unpaired) electrons. The molecule has 0 spiro atoms. The topological polar surface area (TPSA) is 44.2 Å². The lowest BCUT2D eigenvalue weighted by Gasteiger charge is -2.10. The van der Waals surface area contributed by atoms with Crippen molar-refractivity contribution in [3.05, 3.63) is 108 Å². The smallest absolute Gasteiger partial charge is 0.316 e. The van der Waals surface area contributed by atoms with Gasteiger partial charge in [0.1, 0.15) is 0 Å². The molecule has 3 aromatic carbocycles. The first kappa shape index (κ1) is 28.9. The van der Waals surface area contributed by atoms with Gasteiger partial charge in [0.2, 0.25) is 0 Å². The molecule has 1 heterocycles. The highest BCUT2D eigenvalue weighted by Gasteiger charge is 2.16. The van der Waals surface area contributed by atoms with E-state index < -0.39 is 17.5 Å². The summed E-state index contributed by atoms with van der Waals surface area (Å²) in [6, 6.07) is 15.9. The van der Waals surface area contributed by atoms with Crippen LogP contribution in [0.5, 0.6) is 11.8 Å². The molecule has 0 fully saturated rings. The molecule has 4 nitrogen and oxygen atoms in total. The fourth-order valence-corrected chi connectivity index (χ4v) is 4.19. The van der Waals surface area contributed by atoms with E-state index in [4.69, 9.17) is 9.47 Å². The molecule has 4 rings (SSSR count). The van der Waals surface area contributed by atoms with E-state index in [0.29, 0.717) is 31.6 Å². The molecule has 208 valence electrons. The molecule has 0 aliphatic carbocycles. The summed E-state index contributed by atoms with van der Waals surface area (Å²) >= 11 is 0. The predicted molar refractivity (Wildman–Crippen MR) is 152 cm³/mol. The molecule has 0 N–H and O–H groups in total. The van der Waals surface area contributed by atoms with E-state index in [1.807, 2.05) is 30.3 Å². The van der Waals surface area contributed by atoms with Gasteiger partial charge in [-0.05, 0) is 66.5 Å². The second-order valence-electron chi connectivity index (χ2n) is 9.48. The van der Waals surface area contributed by atoms with Crippen molar-refractivity contribution in [2.24, 2.45) is 0 Å². The molecule has 0 unspecified atom stereocenters. The first-order chi connectivity index (χ1) is 19.5. The first-order valence-electron chi connectivity index (χ1n) is 13.5. The lowest BCUT2D eigenvalue weighted by Crippen LogP contribution is -2.02. The Balaban J connectivity index is 1.36. The van der Waals surface area contributed by atoms with E-state index in [1.165, 1.54) is 18.5 Å². The van der Waals surface area contributed by atoms with Crippen LogP contribution in [0.3, 0.4) is 0 Å². The van der Waals surface area contributed by atoms with Crippen LogP contribution in [0.15, 0.2) is 79.6 Å². The van der Waals surface area contributed by atoms with Crippen LogP contribution in [0.4, 0.5) is 13.2 Å². The number of aromatic nitrogens is 2. The molecule has 0 atom stereocenters. The van der Waals surface area contributed by atoms with Gasteiger partial charge in [0.05, 0.1) is 13.2 Å². The van der Waals surface area contributed by atoms with Gasteiger partial charge in [0, 0.05) is 23.5 Å². The number of nitrogens with zero attached hydrogens (tertiary/aromatic N) is 2. The summed E-state index contributed by atoms with van der Waals surface area (Å²) in [6.07, 6.45) is 9.00. The zero-order chi connectivity index (χ0) is 28.3. The van der Waals surface area contributed by atoms with Crippen molar-refractivity contribution in [2.45, 2.75) is 45.4 Å². The second kappa shape index (κ2) is 14.3. The largest absolute Gasteiger partial charge is 0.491 e. The molecule has 1 aromatic heterocycles. The minimum Gasteiger partial charge on any atom is -0.491 e. The van der Waals surface area contributed by atoms with Gasteiger partial charge in [-0.15, -0.1) is 6.58 Å². The molecule has 0 amide bonds. The molecule has 7 heteroatoms. The molecule has 0 saturated heterocycles. The summed E-state index contributed by atoms with van der Waals surface area (Å²) in [7, 11) is 0. The fraction of sp³-hybridized carbons (Fsp3) is 0.273. The summed E-state index contributed by atoms with van der Waals surface area (Å²) in [6.45, 7) is 6.66. The lowest BCUT2D eigenvalue weighted by molar-refractivity contribution is 0.285. The third-order valence-electron chi connectivity index (χ3n) is 6.54. The van der Waals surface area contributed by atoms with Crippen LogP contribution in [0, 0.1) is 17.5 Å². The van der Waals surface area contributed by atoms with Crippen molar-refractivity contribution >= 4 is 0 Å². The van der Waals surface area contributed by atoms with Gasteiger partial charge in [-0.1, -0.05) is 61.9 Å². The molecular weight excluding hydrogens is 513 g/mol. The molecule has 0 bridgehead atoms. The zero-order valence-corrected chi connectivity index (χ0v) is 22.6. The summed E-state index contributed by atoms with van der Waals surface area (Å²) in [5, 5.41) is 0. The quantitative estimate of drug-likeness (QED) is 0.117. The summed E-state index contributed by atoms with van der Waals surface area (Å²) in [5.41, 5.74) is 3.32. The monoisotopic (exact) mass is 546 g/mol. The highest BCUT2D eigenvalue weighted by Crippen LogP contribution is 2.28. The second-order valence-corrected chi connectivity index (χ2v) is 9.48. The van der Waals surface area contributed by atoms with Gasteiger partial charge >= 0.3 is 6.01 Å². The summed E-state index contributed by atoms with van der Waals surface area (Å²) in [5.74, 6) is -1.99. The van der Waals surface area contributed by atoms with Crippen LogP contribution in [0.25, 0.3) is 22.3 Å². The highest BCUT2D eigenvalue weighted by atomic mass is 19.2. The van der Waals surface area contributed by atoms with Crippen molar-refractivity contribution in [1.82, 2.24) is 9.97 Å². The number of ether oxygens (including phenoxy) is 2. The number of hydrogen-bond donors (Lipinski definition) is 0. The SMILES string of the molecule is C=CCCCOc1ccc(-c2ccc(CCc3ccc(-c4cnc(OCCCC)nc4)c(F)c3F)cc2)cc1F. The van der Waals surface area contributed by atoms with Crippen molar-refractivity contribution in [1.29, 1.82) is 0 Å². The average Bonchev–Trinajstić information content (AvgIpc) is 2.98. The highest BCUT2D eigenvalue weighted by molar-refractivity contribution is 5.65. The molecule has 4 aromatic rings. The number of aryl methyl sites for hydroxylation is 2. The Morgan fingerprint density at radius 1 is 0.775 bits per heavy atom. The van der Waals surface area contributed by atoms with E-state index in [9.17, 15) is 13.2 Å². The van der Waals surface area contributed by atoms with Gasteiger partial charge < -0.3 is 9.47 Å². The lowest BCUT2D eigenvalue weighted by atomic mass is 9.98. The fourth-order valence-electron chi connectivity index (χ4n) is 4.19. The molecule has 0 aliphatic rings. The van der Waals surface area contributed by atoms with E-state index in [-0.39, 0.29) is 22.9 Å². The molecule has 0 saturated carbocycles. The normalized spacial score (nSPS) is 10.9. The Morgan fingerprint density at radius 2 is 1.50 bits per heavy atom. The van der Waals surface area contributed by atoms with Crippen LogP contribution >= 0.6 is 0 Å². The molecule has 40 heavy (non-hydrogen) atoms. The Hall–Kier alpha value is -4.13. The van der Waals surface area contributed by atoms with E-state index >= 15 is 0 Å². The maximum absolute atomic E-state index is 14.9. The third kappa shape index (κ3) is 7.50. The Morgan fingerprint density at radius 3 is 2.20 bits per heavy atom. The third-order valence-corrected chi connectivity index (χ3v) is 6.54. The maximum atomic E-state index is 14.9. The van der Waals surface area contributed by atoms with Gasteiger partial charge in [-0.2, -0.15) is 0 Å². The van der Waals surface area contributed by atoms with Crippen molar-refractivity contribution < 1.29 is 22.6 Å².